The first kappa shape index (κ1) is 13.0. The normalized spacial score (nSPS) is 27.4. The molecule has 1 saturated carbocycles. The van der Waals surface area contributed by atoms with E-state index in [1.54, 1.807) is 4.90 Å². The van der Waals surface area contributed by atoms with Gasteiger partial charge in [0.15, 0.2) is 5.17 Å². The third-order valence-electron chi connectivity index (χ3n) is 3.90. The number of amides is 2. The summed E-state index contributed by atoms with van der Waals surface area (Å²) < 4.78 is 0. The molecule has 0 aromatic carbocycles. The van der Waals surface area contributed by atoms with Crippen molar-refractivity contribution in [3.05, 3.63) is 0 Å². The summed E-state index contributed by atoms with van der Waals surface area (Å²) in [6, 6.07) is 0.328. The van der Waals surface area contributed by atoms with Gasteiger partial charge < -0.3 is 5.32 Å². The molecule has 0 aromatic heterocycles. The first-order chi connectivity index (χ1) is 9.24. The van der Waals surface area contributed by atoms with Gasteiger partial charge in [0, 0.05) is 25.6 Å². The molecule has 1 saturated heterocycles. The minimum absolute atomic E-state index is 0.0122. The lowest BCUT2D eigenvalue weighted by atomic mass is 10.2. The number of hydrogen-bond donors (Lipinski definition) is 1. The molecule has 0 aromatic rings. The summed E-state index contributed by atoms with van der Waals surface area (Å²) in [4.78, 5) is 30.2. The highest BCUT2D eigenvalue weighted by molar-refractivity contribution is 8.15. The Balaban J connectivity index is 1.55. The minimum atomic E-state index is -0.266. The number of thioether (sulfide) groups is 1. The summed E-state index contributed by atoms with van der Waals surface area (Å²) in [5, 5.41) is 3.59. The molecule has 6 heteroatoms. The van der Waals surface area contributed by atoms with Crippen molar-refractivity contribution in [2.75, 3.05) is 13.1 Å². The molecule has 1 N–H and O–H groups in total. The third kappa shape index (κ3) is 2.78. The van der Waals surface area contributed by atoms with Gasteiger partial charge in [0.25, 0.3) is 0 Å². The molecule has 104 valence electrons. The zero-order valence-corrected chi connectivity index (χ0v) is 11.7. The van der Waals surface area contributed by atoms with Crippen molar-refractivity contribution in [2.24, 2.45) is 4.99 Å². The van der Waals surface area contributed by atoms with E-state index in [1.165, 1.54) is 24.6 Å². The van der Waals surface area contributed by atoms with Crippen molar-refractivity contribution >= 4 is 28.7 Å². The van der Waals surface area contributed by atoms with Gasteiger partial charge in [-0.15, -0.1) is 0 Å². The summed E-state index contributed by atoms with van der Waals surface area (Å²) >= 11 is 1.45. The molecule has 3 aliphatic rings. The Kier molecular flexibility index (Phi) is 3.77. The Morgan fingerprint density at radius 2 is 2.16 bits per heavy atom. The SMILES string of the molecule is O=C(CC1SC2=NCCCN2C1=O)NC1CCCC1. The number of rotatable bonds is 3. The van der Waals surface area contributed by atoms with E-state index in [-0.39, 0.29) is 23.5 Å². The average molecular weight is 281 g/mol. The Morgan fingerprint density at radius 1 is 1.37 bits per heavy atom. The molecule has 3 rings (SSSR count). The van der Waals surface area contributed by atoms with E-state index in [4.69, 9.17) is 0 Å². The molecule has 2 fully saturated rings. The molecule has 2 aliphatic heterocycles. The first-order valence-corrected chi connectivity index (χ1v) is 7.94. The molecular weight excluding hydrogens is 262 g/mol. The van der Waals surface area contributed by atoms with E-state index in [9.17, 15) is 9.59 Å². The van der Waals surface area contributed by atoms with E-state index < -0.39 is 0 Å². The Hall–Kier alpha value is -1.04. The van der Waals surface area contributed by atoms with E-state index in [0.717, 1.165) is 37.5 Å². The second-order valence-corrected chi connectivity index (χ2v) is 6.54. The number of carbonyl (C=O) groups is 2. The van der Waals surface area contributed by atoms with Crippen LogP contribution in [0.25, 0.3) is 0 Å². The molecule has 5 nitrogen and oxygen atoms in total. The van der Waals surface area contributed by atoms with E-state index in [2.05, 4.69) is 10.3 Å². The van der Waals surface area contributed by atoms with Crippen LogP contribution in [0.5, 0.6) is 0 Å². The predicted octanol–water partition coefficient (Wildman–Crippen LogP) is 1.14. The highest BCUT2D eigenvalue weighted by Crippen LogP contribution is 2.31. The van der Waals surface area contributed by atoms with Crippen molar-refractivity contribution in [3.63, 3.8) is 0 Å². The zero-order valence-electron chi connectivity index (χ0n) is 10.9. The van der Waals surface area contributed by atoms with Crippen LogP contribution in [0.15, 0.2) is 4.99 Å². The number of carbonyl (C=O) groups excluding carboxylic acids is 2. The van der Waals surface area contributed by atoms with Crippen molar-refractivity contribution in [1.29, 1.82) is 0 Å². The summed E-state index contributed by atoms with van der Waals surface area (Å²) in [6.07, 6.45) is 5.78. The number of nitrogens with one attached hydrogen (secondary N) is 1. The van der Waals surface area contributed by atoms with Crippen LogP contribution in [0.3, 0.4) is 0 Å². The van der Waals surface area contributed by atoms with E-state index >= 15 is 0 Å². The molecule has 1 unspecified atom stereocenters. The topological polar surface area (TPSA) is 61.8 Å². The van der Waals surface area contributed by atoms with Crippen LogP contribution in [0.1, 0.15) is 38.5 Å². The van der Waals surface area contributed by atoms with Crippen LogP contribution < -0.4 is 5.32 Å². The van der Waals surface area contributed by atoms with Gasteiger partial charge in [-0.05, 0) is 19.3 Å². The lowest BCUT2D eigenvalue weighted by Crippen LogP contribution is -2.38. The molecule has 0 radical (unpaired) electrons. The number of amidine groups is 1. The molecule has 2 amide bonds. The van der Waals surface area contributed by atoms with Gasteiger partial charge in [-0.3, -0.25) is 19.5 Å². The second-order valence-electron chi connectivity index (χ2n) is 5.37. The minimum Gasteiger partial charge on any atom is -0.353 e. The maximum Gasteiger partial charge on any atom is 0.242 e. The van der Waals surface area contributed by atoms with Crippen molar-refractivity contribution in [3.8, 4) is 0 Å². The molecule has 0 spiro atoms. The molecule has 1 atom stereocenters. The molecule has 1 aliphatic carbocycles. The fourth-order valence-corrected chi connectivity index (χ4v) is 4.09. The first-order valence-electron chi connectivity index (χ1n) is 7.06. The number of aliphatic imine (C=N–C) groups is 1. The Labute approximate surface area is 117 Å². The van der Waals surface area contributed by atoms with Gasteiger partial charge in [-0.1, -0.05) is 24.6 Å². The fourth-order valence-electron chi connectivity index (χ4n) is 2.90. The molecule has 19 heavy (non-hydrogen) atoms. The van der Waals surface area contributed by atoms with Gasteiger partial charge in [0.05, 0.1) is 0 Å². The smallest absolute Gasteiger partial charge is 0.242 e. The summed E-state index contributed by atoms with van der Waals surface area (Å²) in [5.41, 5.74) is 0. The van der Waals surface area contributed by atoms with Gasteiger partial charge in [-0.25, -0.2) is 0 Å². The largest absolute Gasteiger partial charge is 0.353 e. The van der Waals surface area contributed by atoms with E-state index in [0.29, 0.717) is 6.04 Å². The maximum absolute atomic E-state index is 12.2. The van der Waals surface area contributed by atoms with Gasteiger partial charge in [0.1, 0.15) is 5.25 Å². The highest BCUT2D eigenvalue weighted by atomic mass is 32.2. The number of hydrogen-bond acceptors (Lipinski definition) is 4. The van der Waals surface area contributed by atoms with Gasteiger partial charge in [0.2, 0.25) is 11.8 Å². The second kappa shape index (κ2) is 5.53. The lowest BCUT2D eigenvalue weighted by molar-refractivity contribution is -0.129. The van der Waals surface area contributed by atoms with Gasteiger partial charge >= 0.3 is 0 Å². The average Bonchev–Trinajstić information content (AvgIpc) is 3.00. The van der Waals surface area contributed by atoms with Gasteiger partial charge in [-0.2, -0.15) is 0 Å². The summed E-state index contributed by atoms with van der Waals surface area (Å²) in [6.45, 7) is 1.55. The van der Waals surface area contributed by atoms with Crippen LogP contribution >= 0.6 is 11.8 Å². The Morgan fingerprint density at radius 3 is 2.89 bits per heavy atom. The van der Waals surface area contributed by atoms with Crippen molar-refractivity contribution < 1.29 is 9.59 Å². The highest BCUT2D eigenvalue weighted by Gasteiger charge is 2.39. The number of nitrogens with zero attached hydrogens (tertiary/aromatic N) is 2. The van der Waals surface area contributed by atoms with Crippen molar-refractivity contribution in [2.45, 2.75) is 49.8 Å². The summed E-state index contributed by atoms with van der Waals surface area (Å²) in [7, 11) is 0. The van der Waals surface area contributed by atoms with Crippen LogP contribution in [0.4, 0.5) is 0 Å². The lowest BCUT2D eigenvalue weighted by Gasteiger charge is -2.19. The maximum atomic E-state index is 12.2. The molecule has 0 bridgehead atoms. The van der Waals surface area contributed by atoms with Crippen LogP contribution in [0, 0.1) is 0 Å². The fraction of sp³-hybridized carbons (Fsp3) is 0.769. The Bertz CT molecular complexity index is 418. The monoisotopic (exact) mass is 281 g/mol. The molecular formula is C13H19N3O2S. The predicted molar refractivity (Wildman–Crippen MR) is 75.0 cm³/mol. The third-order valence-corrected chi connectivity index (χ3v) is 5.11. The van der Waals surface area contributed by atoms with Crippen LogP contribution in [-0.4, -0.2) is 46.3 Å². The van der Waals surface area contributed by atoms with Crippen LogP contribution in [-0.2, 0) is 9.59 Å². The standard InChI is InChI=1S/C13H19N3O2S/c17-11(15-9-4-1-2-5-9)8-10-12(18)16-7-3-6-14-13(16)19-10/h9-10H,1-8H2,(H,15,17). The molecule has 2 heterocycles. The number of fused-ring (bicyclic) bond motifs is 1. The van der Waals surface area contributed by atoms with Crippen LogP contribution in [0.2, 0.25) is 0 Å². The summed E-state index contributed by atoms with van der Waals surface area (Å²) in [5.74, 6) is 0.0724. The quantitative estimate of drug-likeness (QED) is 0.844. The zero-order chi connectivity index (χ0) is 13.2. The van der Waals surface area contributed by atoms with Crippen molar-refractivity contribution in [1.82, 2.24) is 10.2 Å². The van der Waals surface area contributed by atoms with E-state index in [1.807, 2.05) is 0 Å².